The lowest BCUT2D eigenvalue weighted by molar-refractivity contribution is 0.199. The van der Waals surface area contributed by atoms with Crippen molar-refractivity contribution in [3.8, 4) is 0 Å². The average Bonchev–Trinajstić information content (AvgIpc) is 2.73. The second-order valence-corrected chi connectivity index (χ2v) is 6.79. The Kier molecular flexibility index (Phi) is 7.47. The Balaban J connectivity index is 1.68. The highest BCUT2D eigenvalue weighted by Gasteiger charge is 2.15. The van der Waals surface area contributed by atoms with Gasteiger partial charge >= 0.3 is 0 Å². The molecule has 5 heteroatoms. The van der Waals surface area contributed by atoms with Gasteiger partial charge in [-0.3, -0.25) is 0 Å². The normalized spacial score (nSPS) is 17.2. The summed E-state index contributed by atoms with van der Waals surface area (Å²) in [6.45, 7) is 2.63. The van der Waals surface area contributed by atoms with Crippen LogP contribution in [0.5, 0.6) is 0 Å². The summed E-state index contributed by atoms with van der Waals surface area (Å²) in [7, 11) is 1.73. The van der Waals surface area contributed by atoms with Gasteiger partial charge in [0.1, 0.15) is 10.0 Å². The van der Waals surface area contributed by atoms with E-state index in [1.54, 1.807) is 18.4 Å². The molecule has 1 fully saturated rings. The van der Waals surface area contributed by atoms with Crippen molar-refractivity contribution in [1.29, 1.82) is 0 Å². The van der Waals surface area contributed by atoms with Crippen molar-refractivity contribution in [3.05, 3.63) is 10.0 Å². The van der Waals surface area contributed by atoms with E-state index in [1.165, 1.54) is 48.5 Å². The van der Waals surface area contributed by atoms with Crippen LogP contribution in [0.4, 0.5) is 0 Å². The third kappa shape index (κ3) is 5.85. The standard InChI is InChI=1S/C15H27N3OS/c1-19-11-10-16-9-8-14-17-18-15(20-14)12-13-6-4-2-3-5-7-13/h13,16H,2-12H2,1H3. The first-order chi connectivity index (χ1) is 9.88. The molecule has 0 aliphatic heterocycles. The van der Waals surface area contributed by atoms with E-state index in [4.69, 9.17) is 4.74 Å². The van der Waals surface area contributed by atoms with Crippen molar-refractivity contribution in [2.24, 2.45) is 5.92 Å². The molecule has 0 atom stereocenters. The van der Waals surface area contributed by atoms with Gasteiger partial charge in [-0.1, -0.05) is 38.5 Å². The number of rotatable bonds is 8. The Hall–Kier alpha value is -0.520. The summed E-state index contributed by atoms with van der Waals surface area (Å²) in [6, 6.07) is 0. The molecule has 0 amide bonds. The molecule has 1 heterocycles. The first-order valence-electron chi connectivity index (χ1n) is 7.89. The zero-order valence-corrected chi connectivity index (χ0v) is 13.4. The summed E-state index contributed by atoms with van der Waals surface area (Å²) in [5.74, 6) is 0.845. The van der Waals surface area contributed by atoms with Gasteiger partial charge in [-0.2, -0.15) is 0 Å². The second-order valence-electron chi connectivity index (χ2n) is 5.64. The maximum atomic E-state index is 5.01. The predicted molar refractivity (Wildman–Crippen MR) is 83.3 cm³/mol. The largest absolute Gasteiger partial charge is 0.383 e. The first kappa shape index (κ1) is 15.9. The minimum absolute atomic E-state index is 0.767. The number of hydrogen-bond acceptors (Lipinski definition) is 5. The molecule has 0 spiro atoms. The molecule has 0 saturated heterocycles. The van der Waals surface area contributed by atoms with Gasteiger partial charge in [0.15, 0.2) is 0 Å². The zero-order valence-electron chi connectivity index (χ0n) is 12.6. The van der Waals surface area contributed by atoms with Crippen molar-refractivity contribution < 1.29 is 4.74 Å². The Morgan fingerprint density at radius 2 is 1.85 bits per heavy atom. The van der Waals surface area contributed by atoms with Crippen LogP contribution in [0.1, 0.15) is 48.5 Å². The van der Waals surface area contributed by atoms with Gasteiger partial charge in [0, 0.05) is 33.0 Å². The summed E-state index contributed by atoms with van der Waals surface area (Å²) < 4.78 is 5.01. The van der Waals surface area contributed by atoms with E-state index in [2.05, 4.69) is 15.5 Å². The van der Waals surface area contributed by atoms with Crippen molar-refractivity contribution in [2.75, 3.05) is 26.8 Å². The molecule has 1 saturated carbocycles. The van der Waals surface area contributed by atoms with Gasteiger partial charge < -0.3 is 10.1 Å². The molecular weight excluding hydrogens is 270 g/mol. The zero-order chi connectivity index (χ0) is 14.0. The van der Waals surface area contributed by atoms with Gasteiger partial charge in [0.25, 0.3) is 0 Å². The molecule has 2 rings (SSSR count). The van der Waals surface area contributed by atoms with Crippen LogP contribution < -0.4 is 5.32 Å². The molecule has 1 aromatic heterocycles. The molecule has 114 valence electrons. The molecule has 4 nitrogen and oxygen atoms in total. The van der Waals surface area contributed by atoms with Crippen LogP contribution in [0.2, 0.25) is 0 Å². The SMILES string of the molecule is COCCNCCc1nnc(CC2CCCCCC2)s1. The Morgan fingerprint density at radius 1 is 1.10 bits per heavy atom. The summed E-state index contributed by atoms with van der Waals surface area (Å²) in [6.07, 6.45) is 10.5. The van der Waals surface area contributed by atoms with E-state index in [0.717, 1.165) is 38.5 Å². The second kappa shape index (κ2) is 9.42. The molecule has 0 aromatic carbocycles. The van der Waals surface area contributed by atoms with Crippen molar-refractivity contribution in [1.82, 2.24) is 15.5 Å². The fourth-order valence-corrected chi connectivity index (χ4v) is 3.74. The van der Waals surface area contributed by atoms with E-state index >= 15 is 0 Å². The number of ether oxygens (including phenoxy) is 1. The van der Waals surface area contributed by atoms with Crippen LogP contribution in [0.15, 0.2) is 0 Å². The maximum Gasteiger partial charge on any atom is 0.118 e. The van der Waals surface area contributed by atoms with Crippen LogP contribution in [-0.4, -0.2) is 37.0 Å². The Bertz CT molecular complexity index is 362. The first-order valence-corrected chi connectivity index (χ1v) is 8.71. The molecule has 1 aliphatic rings. The number of aromatic nitrogens is 2. The monoisotopic (exact) mass is 297 g/mol. The van der Waals surface area contributed by atoms with E-state index in [9.17, 15) is 0 Å². The van der Waals surface area contributed by atoms with Crippen LogP contribution in [0.25, 0.3) is 0 Å². The van der Waals surface area contributed by atoms with Crippen LogP contribution >= 0.6 is 11.3 Å². The number of hydrogen-bond donors (Lipinski definition) is 1. The maximum absolute atomic E-state index is 5.01. The van der Waals surface area contributed by atoms with Crippen molar-refractivity contribution >= 4 is 11.3 Å². The number of nitrogens with one attached hydrogen (secondary N) is 1. The van der Waals surface area contributed by atoms with E-state index in [0.29, 0.717) is 0 Å². The Labute approximate surface area is 126 Å². The molecule has 0 bridgehead atoms. The van der Waals surface area contributed by atoms with E-state index in [1.807, 2.05) is 0 Å². The number of methoxy groups -OCH3 is 1. The molecule has 20 heavy (non-hydrogen) atoms. The van der Waals surface area contributed by atoms with Gasteiger partial charge in [0.05, 0.1) is 6.61 Å². The average molecular weight is 297 g/mol. The molecule has 1 N–H and O–H groups in total. The molecule has 1 aromatic rings. The fourth-order valence-electron chi connectivity index (χ4n) is 2.78. The van der Waals surface area contributed by atoms with Crippen LogP contribution in [-0.2, 0) is 17.6 Å². The highest BCUT2D eigenvalue weighted by atomic mass is 32.1. The minimum atomic E-state index is 0.767. The summed E-state index contributed by atoms with van der Waals surface area (Å²) in [5, 5.41) is 14.4. The Morgan fingerprint density at radius 3 is 2.60 bits per heavy atom. The highest BCUT2D eigenvalue weighted by Crippen LogP contribution is 2.26. The lowest BCUT2D eigenvalue weighted by atomic mass is 9.97. The lowest BCUT2D eigenvalue weighted by Gasteiger charge is -2.10. The number of nitrogens with zero attached hydrogens (tertiary/aromatic N) is 2. The molecule has 0 radical (unpaired) electrons. The quantitative estimate of drug-likeness (QED) is 0.592. The fraction of sp³-hybridized carbons (Fsp3) is 0.867. The van der Waals surface area contributed by atoms with Crippen molar-refractivity contribution in [2.45, 2.75) is 51.4 Å². The topological polar surface area (TPSA) is 47.0 Å². The van der Waals surface area contributed by atoms with Gasteiger partial charge in [-0.15, -0.1) is 21.5 Å². The van der Waals surface area contributed by atoms with Crippen molar-refractivity contribution in [3.63, 3.8) is 0 Å². The third-order valence-electron chi connectivity index (χ3n) is 3.95. The smallest absolute Gasteiger partial charge is 0.118 e. The van der Waals surface area contributed by atoms with Gasteiger partial charge in [-0.25, -0.2) is 0 Å². The highest BCUT2D eigenvalue weighted by molar-refractivity contribution is 7.11. The van der Waals surface area contributed by atoms with Crippen LogP contribution in [0.3, 0.4) is 0 Å². The van der Waals surface area contributed by atoms with Gasteiger partial charge in [0.2, 0.25) is 0 Å². The van der Waals surface area contributed by atoms with E-state index in [-0.39, 0.29) is 0 Å². The third-order valence-corrected chi connectivity index (χ3v) is 4.95. The summed E-state index contributed by atoms with van der Waals surface area (Å²) in [4.78, 5) is 0. The van der Waals surface area contributed by atoms with Gasteiger partial charge in [-0.05, 0) is 5.92 Å². The molecule has 0 unspecified atom stereocenters. The summed E-state index contributed by atoms with van der Waals surface area (Å²) >= 11 is 1.80. The molecular formula is C15H27N3OS. The van der Waals surface area contributed by atoms with E-state index < -0.39 is 0 Å². The molecule has 1 aliphatic carbocycles. The minimum Gasteiger partial charge on any atom is -0.383 e. The summed E-state index contributed by atoms with van der Waals surface area (Å²) in [5.41, 5.74) is 0. The predicted octanol–water partition coefficient (Wildman–Crippen LogP) is 2.83. The van der Waals surface area contributed by atoms with Crippen LogP contribution in [0, 0.1) is 5.92 Å². The lowest BCUT2D eigenvalue weighted by Crippen LogP contribution is -2.21.